The van der Waals surface area contributed by atoms with Crippen molar-refractivity contribution in [2.24, 2.45) is 5.73 Å². The maximum atomic E-state index is 14.1. The molecule has 2 nitrogen and oxygen atoms in total. The van der Waals surface area contributed by atoms with Gasteiger partial charge in [0.15, 0.2) is 0 Å². The molecule has 0 aromatic heterocycles. The van der Waals surface area contributed by atoms with Gasteiger partial charge >= 0.3 is 0 Å². The van der Waals surface area contributed by atoms with Crippen LogP contribution >= 0.6 is 11.8 Å². The fourth-order valence-electron chi connectivity index (χ4n) is 2.50. The van der Waals surface area contributed by atoms with E-state index in [1.807, 2.05) is 23.9 Å². The van der Waals surface area contributed by atoms with Crippen molar-refractivity contribution in [3.05, 3.63) is 29.6 Å². The maximum Gasteiger partial charge on any atom is 0.146 e. The number of nitrogens with zero attached hydrogens (tertiary/aromatic N) is 1. The molecule has 1 aliphatic heterocycles. The van der Waals surface area contributed by atoms with Crippen LogP contribution in [0.2, 0.25) is 0 Å². The first kappa shape index (κ1) is 13.7. The normalized spacial score (nSPS) is 24.3. The Kier molecular flexibility index (Phi) is 4.51. The average Bonchev–Trinajstić information content (AvgIpc) is 2.28. The van der Waals surface area contributed by atoms with Crippen LogP contribution in [0.15, 0.2) is 18.2 Å². The molecule has 4 heteroatoms. The summed E-state index contributed by atoms with van der Waals surface area (Å²) >= 11 is 1.98. The Morgan fingerprint density at radius 1 is 1.33 bits per heavy atom. The zero-order chi connectivity index (χ0) is 13.1. The first-order valence-electron chi connectivity index (χ1n) is 6.49. The molecule has 0 bridgehead atoms. The van der Waals surface area contributed by atoms with Crippen molar-refractivity contribution >= 4 is 17.4 Å². The SMILES string of the molecule is CC1CN(c2ccc(CCN)cc2F)CC(C)S1. The van der Waals surface area contributed by atoms with Gasteiger partial charge < -0.3 is 10.6 Å². The number of hydrogen-bond donors (Lipinski definition) is 1. The predicted molar refractivity (Wildman–Crippen MR) is 77.9 cm³/mol. The van der Waals surface area contributed by atoms with Gasteiger partial charge in [-0.25, -0.2) is 4.39 Å². The molecule has 2 rings (SSSR count). The van der Waals surface area contributed by atoms with Crippen LogP contribution in [0.25, 0.3) is 0 Å². The van der Waals surface area contributed by atoms with Gasteiger partial charge in [-0.05, 0) is 30.7 Å². The minimum Gasteiger partial charge on any atom is -0.367 e. The molecule has 1 aromatic rings. The topological polar surface area (TPSA) is 29.3 Å². The highest BCUT2D eigenvalue weighted by Gasteiger charge is 2.24. The van der Waals surface area contributed by atoms with E-state index in [2.05, 4.69) is 18.7 Å². The number of halogens is 1. The summed E-state index contributed by atoms with van der Waals surface area (Å²) in [5, 5.41) is 1.11. The molecule has 1 aromatic carbocycles. The predicted octanol–water partition coefficient (Wildman–Crippen LogP) is 2.66. The van der Waals surface area contributed by atoms with Crippen molar-refractivity contribution in [2.75, 3.05) is 24.5 Å². The Morgan fingerprint density at radius 3 is 2.56 bits per heavy atom. The van der Waals surface area contributed by atoms with Crippen molar-refractivity contribution in [2.45, 2.75) is 30.8 Å². The van der Waals surface area contributed by atoms with E-state index in [9.17, 15) is 4.39 Å². The van der Waals surface area contributed by atoms with E-state index < -0.39 is 0 Å². The van der Waals surface area contributed by atoms with Crippen molar-refractivity contribution in [1.29, 1.82) is 0 Å². The van der Waals surface area contributed by atoms with Crippen LogP contribution in [0.5, 0.6) is 0 Å². The van der Waals surface area contributed by atoms with Gasteiger partial charge in [-0.3, -0.25) is 0 Å². The van der Waals surface area contributed by atoms with Crippen LogP contribution in [0.4, 0.5) is 10.1 Å². The number of benzene rings is 1. The molecule has 2 atom stereocenters. The highest BCUT2D eigenvalue weighted by molar-refractivity contribution is 8.00. The first-order chi connectivity index (χ1) is 8.60. The summed E-state index contributed by atoms with van der Waals surface area (Å²) in [4.78, 5) is 2.16. The van der Waals surface area contributed by atoms with E-state index in [0.29, 0.717) is 17.0 Å². The molecule has 2 unspecified atom stereocenters. The molecule has 0 amide bonds. The Morgan fingerprint density at radius 2 is 2.00 bits per heavy atom. The summed E-state index contributed by atoms with van der Waals surface area (Å²) in [6.45, 7) is 6.81. The molecule has 2 N–H and O–H groups in total. The Balaban J connectivity index is 2.17. The van der Waals surface area contributed by atoms with Gasteiger partial charge in [0.2, 0.25) is 0 Å². The Hall–Kier alpha value is -0.740. The molecule has 1 aliphatic rings. The van der Waals surface area contributed by atoms with E-state index in [-0.39, 0.29) is 5.82 Å². The third-order valence-electron chi connectivity index (χ3n) is 3.21. The molecule has 18 heavy (non-hydrogen) atoms. The molecule has 0 radical (unpaired) electrons. The van der Waals surface area contributed by atoms with Crippen molar-refractivity contribution < 1.29 is 4.39 Å². The second-order valence-electron chi connectivity index (χ2n) is 4.99. The van der Waals surface area contributed by atoms with Crippen LogP contribution in [-0.2, 0) is 6.42 Å². The number of thioether (sulfide) groups is 1. The third kappa shape index (κ3) is 3.18. The third-order valence-corrected chi connectivity index (χ3v) is 4.43. The highest BCUT2D eigenvalue weighted by Crippen LogP contribution is 2.30. The lowest BCUT2D eigenvalue weighted by Gasteiger charge is -2.36. The summed E-state index contributed by atoms with van der Waals surface area (Å²) in [5.41, 5.74) is 7.20. The summed E-state index contributed by atoms with van der Waals surface area (Å²) in [6.07, 6.45) is 0.736. The van der Waals surface area contributed by atoms with Crippen molar-refractivity contribution in [1.82, 2.24) is 0 Å². The minimum atomic E-state index is -0.118. The van der Waals surface area contributed by atoms with Crippen LogP contribution < -0.4 is 10.6 Å². The Labute approximate surface area is 113 Å². The fourth-order valence-corrected chi connectivity index (χ4v) is 3.83. The highest BCUT2D eigenvalue weighted by atomic mass is 32.2. The summed E-state index contributed by atoms with van der Waals surface area (Å²) in [5.74, 6) is -0.118. The summed E-state index contributed by atoms with van der Waals surface area (Å²) in [6, 6.07) is 5.51. The summed E-state index contributed by atoms with van der Waals surface area (Å²) in [7, 11) is 0. The smallest absolute Gasteiger partial charge is 0.146 e. The van der Waals surface area contributed by atoms with E-state index in [1.54, 1.807) is 6.07 Å². The molecular formula is C14H21FN2S. The maximum absolute atomic E-state index is 14.1. The van der Waals surface area contributed by atoms with E-state index in [0.717, 1.165) is 30.8 Å². The average molecular weight is 268 g/mol. The second kappa shape index (κ2) is 5.93. The van der Waals surface area contributed by atoms with E-state index in [1.165, 1.54) is 0 Å². The zero-order valence-corrected chi connectivity index (χ0v) is 11.8. The van der Waals surface area contributed by atoms with Crippen LogP contribution in [0, 0.1) is 5.82 Å². The molecule has 1 fully saturated rings. The van der Waals surface area contributed by atoms with Gasteiger partial charge in [-0.15, -0.1) is 0 Å². The molecular weight excluding hydrogens is 247 g/mol. The van der Waals surface area contributed by atoms with Crippen molar-refractivity contribution in [3.8, 4) is 0 Å². The lowest BCUT2D eigenvalue weighted by atomic mass is 10.1. The second-order valence-corrected chi connectivity index (χ2v) is 6.87. The molecule has 1 saturated heterocycles. The van der Waals surface area contributed by atoms with E-state index >= 15 is 0 Å². The van der Waals surface area contributed by atoms with Crippen molar-refractivity contribution in [3.63, 3.8) is 0 Å². The fraction of sp³-hybridized carbons (Fsp3) is 0.571. The summed E-state index contributed by atoms with van der Waals surface area (Å²) < 4.78 is 14.1. The minimum absolute atomic E-state index is 0.118. The van der Waals surface area contributed by atoms with Crippen LogP contribution in [0.1, 0.15) is 19.4 Å². The number of anilines is 1. The molecule has 0 aliphatic carbocycles. The standard InChI is InChI=1S/C14H21FN2S/c1-10-8-17(9-11(2)18-10)14-4-3-12(5-6-16)7-13(14)15/h3-4,7,10-11H,5-6,8-9,16H2,1-2H3. The molecule has 1 heterocycles. The molecule has 100 valence electrons. The largest absolute Gasteiger partial charge is 0.367 e. The Bertz CT molecular complexity index is 401. The lowest BCUT2D eigenvalue weighted by Crippen LogP contribution is -2.40. The monoisotopic (exact) mass is 268 g/mol. The van der Waals surface area contributed by atoms with Crippen LogP contribution in [-0.4, -0.2) is 30.1 Å². The first-order valence-corrected chi connectivity index (χ1v) is 7.43. The number of hydrogen-bond acceptors (Lipinski definition) is 3. The number of nitrogens with two attached hydrogens (primary N) is 1. The molecule has 0 spiro atoms. The van der Waals surface area contributed by atoms with Gasteiger partial charge in [0.05, 0.1) is 5.69 Å². The van der Waals surface area contributed by atoms with Gasteiger partial charge in [-0.1, -0.05) is 19.9 Å². The van der Waals surface area contributed by atoms with Gasteiger partial charge in [-0.2, -0.15) is 11.8 Å². The van der Waals surface area contributed by atoms with Gasteiger partial charge in [0.25, 0.3) is 0 Å². The quantitative estimate of drug-likeness (QED) is 0.914. The van der Waals surface area contributed by atoms with Crippen LogP contribution in [0.3, 0.4) is 0 Å². The van der Waals surface area contributed by atoms with Gasteiger partial charge in [0, 0.05) is 23.6 Å². The number of rotatable bonds is 3. The van der Waals surface area contributed by atoms with Gasteiger partial charge in [0.1, 0.15) is 5.82 Å². The lowest BCUT2D eigenvalue weighted by molar-refractivity contribution is 0.609. The molecule has 0 saturated carbocycles. The zero-order valence-electron chi connectivity index (χ0n) is 11.0. The van der Waals surface area contributed by atoms with E-state index in [4.69, 9.17) is 5.73 Å².